The van der Waals surface area contributed by atoms with Crippen LogP contribution in [-0.4, -0.2) is 12.1 Å². The molecule has 2 aliphatic carbocycles. The smallest absolute Gasteiger partial charge is 0.0654 e. The minimum Gasteiger partial charge on any atom is -0.384 e. The van der Waals surface area contributed by atoms with Gasteiger partial charge in [0.05, 0.1) is 6.04 Å². The lowest BCUT2D eigenvalue weighted by molar-refractivity contribution is -0.0484. The zero-order valence-electron chi connectivity index (χ0n) is 18.1. The van der Waals surface area contributed by atoms with Crippen molar-refractivity contribution in [3.63, 3.8) is 0 Å². The van der Waals surface area contributed by atoms with Crippen molar-refractivity contribution in [2.75, 3.05) is 0 Å². The molecule has 152 valence electrons. The van der Waals surface area contributed by atoms with Crippen molar-refractivity contribution in [2.24, 2.45) is 23.7 Å². The zero-order chi connectivity index (χ0) is 19.8. The molecule has 2 N–H and O–H groups in total. The zero-order valence-corrected chi connectivity index (χ0v) is 18.1. The van der Waals surface area contributed by atoms with Gasteiger partial charge in [-0.1, -0.05) is 52.1 Å². The van der Waals surface area contributed by atoms with Crippen molar-refractivity contribution >= 4 is 5.70 Å². The van der Waals surface area contributed by atoms with Crippen LogP contribution in [0.2, 0.25) is 0 Å². The van der Waals surface area contributed by atoms with Crippen molar-refractivity contribution < 1.29 is 0 Å². The third-order valence-corrected chi connectivity index (χ3v) is 7.60. The first kappa shape index (κ1) is 19.6. The first-order valence-corrected chi connectivity index (χ1v) is 11.5. The number of piperidine rings is 1. The summed E-state index contributed by atoms with van der Waals surface area (Å²) in [6.45, 7) is 15.6. The predicted molar refractivity (Wildman–Crippen MR) is 120 cm³/mol. The maximum absolute atomic E-state index is 4.41. The molecule has 0 spiro atoms. The summed E-state index contributed by atoms with van der Waals surface area (Å²) in [6.07, 6.45) is 8.99. The standard InChI is InChI=1S/C26H38N2/c1-6-21-19(14-16(2)3)8-7-9-22(21)17(4)27-25-12-13-26(28-18(25)5)24-15-20-10-11-23(20)24/h7-9,16,20,23-28H,4-6,10-15H2,1-3H3. The molecule has 1 saturated heterocycles. The first-order chi connectivity index (χ1) is 13.5. The van der Waals surface area contributed by atoms with Gasteiger partial charge in [-0.2, -0.15) is 0 Å². The van der Waals surface area contributed by atoms with Crippen molar-refractivity contribution in [1.29, 1.82) is 0 Å². The lowest BCUT2D eigenvalue weighted by Gasteiger charge is -2.57. The van der Waals surface area contributed by atoms with Gasteiger partial charge in [0.2, 0.25) is 0 Å². The molecule has 3 aliphatic rings. The second-order valence-electron chi connectivity index (χ2n) is 9.82. The van der Waals surface area contributed by atoms with Gasteiger partial charge in [0.1, 0.15) is 0 Å². The normalized spacial score (nSPS) is 31.4. The third-order valence-electron chi connectivity index (χ3n) is 7.60. The van der Waals surface area contributed by atoms with Crippen LogP contribution in [0.25, 0.3) is 5.70 Å². The molecule has 4 rings (SSSR count). The molecule has 1 heterocycles. The van der Waals surface area contributed by atoms with Gasteiger partial charge in [-0.15, -0.1) is 0 Å². The highest BCUT2D eigenvalue weighted by molar-refractivity contribution is 5.66. The van der Waals surface area contributed by atoms with Crippen LogP contribution in [0.4, 0.5) is 0 Å². The lowest BCUT2D eigenvalue weighted by Crippen LogP contribution is -2.56. The lowest BCUT2D eigenvalue weighted by atomic mass is 9.51. The Balaban J connectivity index is 1.39. The molecule has 0 radical (unpaired) electrons. The third kappa shape index (κ3) is 3.63. The Labute approximate surface area is 171 Å². The summed E-state index contributed by atoms with van der Waals surface area (Å²) < 4.78 is 0. The minimum atomic E-state index is 0.291. The van der Waals surface area contributed by atoms with Crippen LogP contribution in [0.15, 0.2) is 37.1 Å². The highest BCUT2D eigenvalue weighted by Crippen LogP contribution is 2.56. The maximum Gasteiger partial charge on any atom is 0.0654 e. The van der Waals surface area contributed by atoms with E-state index in [-0.39, 0.29) is 0 Å². The largest absolute Gasteiger partial charge is 0.384 e. The van der Waals surface area contributed by atoms with Crippen molar-refractivity contribution in [1.82, 2.24) is 10.6 Å². The number of nitrogens with one attached hydrogen (secondary N) is 2. The van der Waals surface area contributed by atoms with Gasteiger partial charge >= 0.3 is 0 Å². The Morgan fingerprint density at radius 2 is 2.00 bits per heavy atom. The quantitative estimate of drug-likeness (QED) is 0.637. The Morgan fingerprint density at radius 1 is 1.18 bits per heavy atom. The van der Waals surface area contributed by atoms with E-state index in [1.165, 1.54) is 42.4 Å². The van der Waals surface area contributed by atoms with Crippen molar-refractivity contribution in [2.45, 2.75) is 77.8 Å². The topological polar surface area (TPSA) is 24.1 Å². The van der Waals surface area contributed by atoms with E-state index in [1.807, 2.05) is 0 Å². The average molecular weight is 379 g/mol. The Hall–Kier alpha value is -1.70. The maximum atomic E-state index is 4.41. The second kappa shape index (κ2) is 7.97. The van der Waals surface area contributed by atoms with Crippen molar-refractivity contribution in [3.05, 3.63) is 53.7 Å². The summed E-state index contributed by atoms with van der Waals surface area (Å²) in [5.74, 6) is 3.64. The summed E-state index contributed by atoms with van der Waals surface area (Å²) in [6, 6.07) is 7.65. The van der Waals surface area contributed by atoms with Gasteiger partial charge in [0, 0.05) is 23.0 Å². The molecule has 0 amide bonds. The summed E-state index contributed by atoms with van der Waals surface area (Å²) >= 11 is 0. The van der Waals surface area contributed by atoms with Gasteiger partial charge in [0.15, 0.2) is 0 Å². The Bertz CT molecular complexity index is 747. The summed E-state index contributed by atoms with van der Waals surface area (Å²) in [5.41, 5.74) is 6.42. The van der Waals surface area contributed by atoms with Crippen molar-refractivity contribution in [3.8, 4) is 0 Å². The summed E-state index contributed by atoms with van der Waals surface area (Å²) in [4.78, 5) is 0. The molecule has 1 aliphatic heterocycles. The Kier molecular flexibility index (Phi) is 5.58. The molecule has 2 heteroatoms. The number of benzene rings is 1. The molecule has 5 unspecified atom stereocenters. The van der Waals surface area contributed by atoms with E-state index in [0.717, 1.165) is 48.4 Å². The second-order valence-corrected chi connectivity index (χ2v) is 9.82. The van der Waals surface area contributed by atoms with E-state index in [4.69, 9.17) is 0 Å². The molecule has 28 heavy (non-hydrogen) atoms. The van der Waals surface area contributed by atoms with Gasteiger partial charge in [0.25, 0.3) is 0 Å². The predicted octanol–water partition coefficient (Wildman–Crippen LogP) is 5.69. The van der Waals surface area contributed by atoms with E-state index in [0.29, 0.717) is 18.0 Å². The Morgan fingerprint density at radius 3 is 2.57 bits per heavy atom. The van der Waals surface area contributed by atoms with Crippen LogP contribution in [0.1, 0.15) is 69.6 Å². The number of hydrogen-bond donors (Lipinski definition) is 2. The molecule has 3 fully saturated rings. The molecule has 1 aromatic rings. The van der Waals surface area contributed by atoms with Crippen LogP contribution >= 0.6 is 0 Å². The summed E-state index contributed by atoms with van der Waals surface area (Å²) in [7, 11) is 0. The highest BCUT2D eigenvalue weighted by atomic mass is 15.1. The summed E-state index contributed by atoms with van der Waals surface area (Å²) in [5, 5.41) is 7.49. The van der Waals surface area contributed by atoms with Gasteiger partial charge in [-0.3, -0.25) is 0 Å². The molecular weight excluding hydrogens is 340 g/mol. The molecule has 2 saturated carbocycles. The van der Waals surface area contributed by atoms with Gasteiger partial charge in [-0.05, 0) is 79.7 Å². The molecule has 5 atom stereocenters. The number of fused-ring (bicyclic) bond motifs is 1. The van der Waals surface area contributed by atoms with E-state index in [1.54, 1.807) is 0 Å². The van der Waals surface area contributed by atoms with Crippen LogP contribution in [0.3, 0.4) is 0 Å². The van der Waals surface area contributed by atoms with E-state index in [9.17, 15) is 0 Å². The monoisotopic (exact) mass is 378 g/mol. The first-order valence-electron chi connectivity index (χ1n) is 11.5. The molecule has 0 bridgehead atoms. The average Bonchev–Trinajstić information content (AvgIpc) is 2.64. The molecule has 2 nitrogen and oxygen atoms in total. The number of hydrogen-bond acceptors (Lipinski definition) is 2. The van der Waals surface area contributed by atoms with Crippen LogP contribution in [0, 0.1) is 23.7 Å². The van der Waals surface area contributed by atoms with E-state index in [2.05, 4.69) is 62.8 Å². The van der Waals surface area contributed by atoms with Crippen LogP contribution in [-0.2, 0) is 12.8 Å². The fraction of sp³-hybridized carbons (Fsp3) is 0.615. The van der Waals surface area contributed by atoms with Gasteiger partial charge in [-0.25, -0.2) is 0 Å². The fourth-order valence-electron chi connectivity index (χ4n) is 5.91. The number of rotatable bonds is 7. The fourth-order valence-corrected chi connectivity index (χ4v) is 5.91. The SMILES string of the molecule is C=C(NC1CCC(C2CC3CCC32)NC1=C)c1cccc(CC(C)C)c1CC. The molecular formula is C26H38N2. The molecule has 1 aromatic carbocycles. The van der Waals surface area contributed by atoms with Crippen LogP contribution < -0.4 is 10.6 Å². The highest BCUT2D eigenvalue weighted by Gasteiger charge is 2.50. The van der Waals surface area contributed by atoms with Gasteiger partial charge < -0.3 is 10.6 Å². The minimum absolute atomic E-state index is 0.291. The van der Waals surface area contributed by atoms with E-state index < -0.39 is 0 Å². The van der Waals surface area contributed by atoms with E-state index >= 15 is 0 Å². The van der Waals surface area contributed by atoms with Crippen LogP contribution in [0.5, 0.6) is 0 Å². The molecule has 0 aromatic heterocycles.